The van der Waals surface area contributed by atoms with E-state index in [-0.39, 0.29) is 0 Å². The molecule has 0 bridgehead atoms. The van der Waals surface area contributed by atoms with Gasteiger partial charge in [-0.15, -0.1) is 0 Å². The van der Waals surface area contributed by atoms with Crippen molar-refractivity contribution in [3.8, 4) is 0 Å². The van der Waals surface area contributed by atoms with Gasteiger partial charge in [0.25, 0.3) is 0 Å². The minimum Gasteiger partial charge on any atom is -0.165 e. The molecule has 0 aromatic carbocycles. The number of hydrogen-bond acceptors (Lipinski definition) is 1. The highest BCUT2D eigenvalue weighted by Crippen LogP contribution is 2.48. The Bertz CT molecular complexity index is 264. The van der Waals surface area contributed by atoms with Gasteiger partial charge in [-0.3, -0.25) is 0 Å². The summed E-state index contributed by atoms with van der Waals surface area (Å²) in [4.78, 5) is 0. The fraction of sp³-hybridized carbons (Fsp3) is 0.692. The highest BCUT2D eigenvalue weighted by molar-refractivity contribution is 7.98. The SMILES string of the molecule is CSCC1CC(C)C2C(C)=CC=CC12. The zero-order valence-corrected chi connectivity index (χ0v) is 10.2. The van der Waals surface area contributed by atoms with Gasteiger partial charge in [-0.25, -0.2) is 0 Å². The molecule has 1 saturated carbocycles. The molecule has 0 spiro atoms. The molecule has 0 heterocycles. The highest BCUT2D eigenvalue weighted by Gasteiger charge is 2.40. The molecule has 4 atom stereocenters. The molecule has 0 radical (unpaired) electrons. The van der Waals surface area contributed by atoms with E-state index in [4.69, 9.17) is 0 Å². The first-order chi connectivity index (χ1) is 6.74. The Balaban J connectivity index is 2.16. The van der Waals surface area contributed by atoms with Crippen molar-refractivity contribution in [1.29, 1.82) is 0 Å². The van der Waals surface area contributed by atoms with Crippen molar-refractivity contribution in [2.75, 3.05) is 12.0 Å². The Morgan fingerprint density at radius 2 is 2.29 bits per heavy atom. The van der Waals surface area contributed by atoms with Gasteiger partial charge >= 0.3 is 0 Å². The normalized spacial score (nSPS) is 40.9. The van der Waals surface area contributed by atoms with Gasteiger partial charge in [-0.1, -0.05) is 30.7 Å². The van der Waals surface area contributed by atoms with Gasteiger partial charge in [-0.2, -0.15) is 11.8 Å². The number of thioether (sulfide) groups is 1. The van der Waals surface area contributed by atoms with Crippen LogP contribution in [0.5, 0.6) is 0 Å². The predicted molar refractivity (Wildman–Crippen MR) is 65.5 cm³/mol. The molecule has 0 aromatic rings. The average molecular weight is 208 g/mol. The van der Waals surface area contributed by atoms with Crippen LogP contribution in [0.3, 0.4) is 0 Å². The minimum absolute atomic E-state index is 0.836. The Labute approximate surface area is 91.9 Å². The number of fused-ring (bicyclic) bond motifs is 1. The van der Waals surface area contributed by atoms with Crippen LogP contribution in [-0.4, -0.2) is 12.0 Å². The van der Waals surface area contributed by atoms with E-state index in [2.05, 4.69) is 38.3 Å². The minimum atomic E-state index is 0.836. The smallest absolute Gasteiger partial charge is 0.00360 e. The van der Waals surface area contributed by atoms with Gasteiger partial charge in [0.2, 0.25) is 0 Å². The first-order valence-electron chi connectivity index (χ1n) is 5.58. The van der Waals surface area contributed by atoms with Crippen molar-refractivity contribution in [3.63, 3.8) is 0 Å². The summed E-state index contributed by atoms with van der Waals surface area (Å²) in [6, 6.07) is 0. The lowest BCUT2D eigenvalue weighted by Crippen LogP contribution is -2.19. The number of allylic oxidation sites excluding steroid dienone is 4. The third-order valence-electron chi connectivity index (χ3n) is 3.85. The lowest BCUT2D eigenvalue weighted by molar-refractivity contribution is 0.408. The molecule has 4 unspecified atom stereocenters. The molecule has 2 aliphatic carbocycles. The molecular weight excluding hydrogens is 188 g/mol. The van der Waals surface area contributed by atoms with Crippen LogP contribution in [-0.2, 0) is 0 Å². The van der Waals surface area contributed by atoms with E-state index in [1.807, 2.05) is 11.8 Å². The molecule has 14 heavy (non-hydrogen) atoms. The fourth-order valence-electron chi connectivity index (χ4n) is 3.32. The molecular formula is C13H20S. The van der Waals surface area contributed by atoms with E-state index < -0.39 is 0 Å². The van der Waals surface area contributed by atoms with E-state index in [0.29, 0.717) is 0 Å². The maximum atomic E-state index is 2.45. The number of hydrogen-bond donors (Lipinski definition) is 0. The monoisotopic (exact) mass is 208 g/mol. The van der Waals surface area contributed by atoms with E-state index in [9.17, 15) is 0 Å². The lowest BCUT2D eigenvalue weighted by atomic mass is 9.80. The van der Waals surface area contributed by atoms with Crippen LogP contribution >= 0.6 is 11.8 Å². The van der Waals surface area contributed by atoms with Gasteiger partial charge in [0.15, 0.2) is 0 Å². The van der Waals surface area contributed by atoms with Crippen LogP contribution in [0.4, 0.5) is 0 Å². The van der Waals surface area contributed by atoms with Crippen LogP contribution in [0.15, 0.2) is 23.8 Å². The first-order valence-corrected chi connectivity index (χ1v) is 6.97. The fourth-order valence-corrected chi connectivity index (χ4v) is 4.11. The van der Waals surface area contributed by atoms with Gasteiger partial charge in [-0.05, 0) is 49.0 Å². The maximum absolute atomic E-state index is 2.45. The quantitative estimate of drug-likeness (QED) is 0.666. The van der Waals surface area contributed by atoms with E-state index in [1.54, 1.807) is 5.57 Å². The molecule has 78 valence electrons. The molecule has 1 heteroatoms. The Morgan fingerprint density at radius 3 is 3.00 bits per heavy atom. The largest absolute Gasteiger partial charge is 0.165 e. The first kappa shape index (κ1) is 10.4. The van der Waals surface area contributed by atoms with Crippen LogP contribution in [0.1, 0.15) is 20.3 Å². The van der Waals surface area contributed by atoms with Crippen LogP contribution in [0.2, 0.25) is 0 Å². The summed E-state index contributed by atoms with van der Waals surface area (Å²) in [5.74, 6) is 4.83. The summed E-state index contributed by atoms with van der Waals surface area (Å²) in [7, 11) is 0. The van der Waals surface area contributed by atoms with Crippen molar-refractivity contribution in [2.45, 2.75) is 20.3 Å². The van der Waals surface area contributed by atoms with Crippen molar-refractivity contribution in [2.24, 2.45) is 23.7 Å². The van der Waals surface area contributed by atoms with Crippen LogP contribution in [0, 0.1) is 23.7 Å². The standard InChI is InChI=1S/C13H20S/c1-9-5-4-6-12-11(8-14-3)7-10(2)13(9)12/h4-6,10-13H,7-8H2,1-3H3. The van der Waals surface area contributed by atoms with Gasteiger partial charge in [0.05, 0.1) is 0 Å². The second-order valence-corrected chi connectivity index (χ2v) is 5.74. The molecule has 0 aromatic heterocycles. The van der Waals surface area contributed by atoms with Gasteiger partial charge in [0, 0.05) is 0 Å². The second-order valence-electron chi connectivity index (χ2n) is 4.83. The molecule has 0 nitrogen and oxygen atoms in total. The second kappa shape index (κ2) is 4.14. The highest BCUT2D eigenvalue weighted by atomic mass is 32.2. The summed E-state index contributed by atoms with van der Waals surface area (Å²) in [5.41, 5.74) is 1.61. The summed E-state index contributed by atoms with van der Waals surface area (Å²) >= 11 is 2.00. The summed E-state index contributed by atoms with van der Waals surface area (Å²) in [6.45, 7) is 4.73. The molecule has 0 saturated heterocycles. The number of rotatable bonds is 2. The van der Waals surface area contributed by atoms with Gasteiger partial charge < -0.3 is 0 Å². The summed E-state index contributed by atoms with van der Waals surface area (Å²) in [6.07, 6.45) is 10.7. The van der Waals surface area contributed by atoms with E-state index in [1.165, 1.54) is 12.2 Å². The Hall–Kier alpha value is -0.170. The summed E-state index contributed by atoms with van der Waals surface area (Å²) < 4.78 is 0. The van der Waals surface area contributed by atoms with Crippen molar-refractivity contribution in [3.05, 3.63) is 23.8 Å². The average Bonchev–Trinajstić information content (AvgIpc) is 2.46. The molecule has 0 aliphatic heterocycles. The van der Waals surface area contributed by atoms with E-state index >= 15 is 0 Å². The van der Waals surface area contributed by atoms with Crippen molar-refractivity contribution in [1.82, 2.24) is 0 Å². The predicted octanol–water partition coefficient (Wildman–Crippen LogP) is 3.75. The maximum Gasteiger partial charge on any atom is -0.00360 e. The van der Waals surface area contributed by atoms with Crippen molar-refractivity contribution >= 4 is 11.8 Å². The third-order valence-corrected chi connectivity index (χ3v) is 4.61. The molecule has 1 fully saturated rings. The van der Waals surface area contributed by atoms with E-state index in [0.717, 1.165) is 23.7 Å². The molecule has 0 amide bonds. The lowest BCUT2D eigenvalue weighted by Gasteiger charge is -2.26. The third kappa shape index (κ3) is 1.67. The topological polar surface area (TPSA) is 0 Å². The zero-order chi connectivity index (χ0) is 10.1. The van der Waals surface area contributed by atoms with Gasteiger partial charge in [0.1, 0.15) is 0 Å². The Morgan fingerprint density at radius 1 is 1.50 bits per heavy atom. The molecule has 2 rings (SSSR count). The molecule has 2 aliphatic rings. The molecule has 0 N–H and O–H groups in total. The zero-order valence-electron chi connectivity index (χ0n) is 9.36. The van der Waals surface area contributed by atoms with Crippen LogP contribution < -0.4 is 0 Å². The Kier molecular flexibility index (Phi) is 3.06. The summed E-state index contributed by atoms with van der Waals surface area (Å²) in [5, 5.41) is 0. The van der Waals surface area contributed by atoms with Crippen LogP contribution in [0.25, 0.3) is 0 Å². The van der Waals surface area contributed by atoms with Crippen molar-refractivity contribution < 1.29 is 0 Å².